The zero-order valence-corrected chi connectivity index (χ0v) is 15.9. The summed E-state index contributed by atoms with van der Waals surface area (Å²) in [5, 5.41) is 7.28. The minimum Gasteiger partial charge on any atom is -0.497 e. The van der Waals surface area contributed by atoms with E-state index in [1.807, 2.05) is 30.3 Å². The highest BCUT2D eigenvalue weighted by atomic mass is 32.1. The van der Waals surface area contributed by atoms with Crippen molar-refractivity contribution in [3.05, 3.63) is 53.6 Å². The van der Waals surface area contributed by atoms with Gasteiger partial charge in [0, 0.05) is 17.7 Å². The standard InChI is InChI=1S/C20H24N2O2S/c1-13-5-7-14(8-6-13)21-19(25)22-17-12-20(2,3)24-18-10-9-15(23-4)11-16(17)18/h5-11,17H,12H2,1-4H3,(H2,21,22,25)/t17-/m1/s1. The van der Waals surface area contributed by atoms with Crippen LogP contribution in [0.25, 0.3) is 0 Å². The summed E-state index contributed by atoms with van der Waals surface area (Å²) in [6.07, 6.45) is 0.808. The summed E-state index contributed by atoms with van der Waals surface area (Å²) in [7, 11) is 1.67. The molecule has 132 valence electrons. The third-order valence-corrected chi connectivity index (χ3v) is 4.51. The van der Waals surface area contributed by atoms with Gasteiger partial charge in [-0.05, 0) is 63.3 Å². The predicted octanol–water partition coefficient (Wildman–Crippen LogP) is 4.59. The first-order valence-electron chi connectivity index (χ1n) is 8.37. The summed E-state index contributed by atoms with van der Waals surface area (Å²) < 4.78 is 11.5. The Balaban J connectivity index is 1.79. The number of ether oxygens (including phenoxy) is 2. The fraction of sp³-hybridized carbons (Fsp3) is 0.350. The largest absolute Gasteiger partial charge is 0.497 e. The molecular formula is C20H24N2O2S. The molecule has 1 atom stereocenters. The van der Waals surface area contributed by atoms with E-state index < -0.39 is 0 Å². The van der Waals surface area contributed by atoms with Gasteiger partial charge in [-0.3, -0.25) is 0 Å². The number of thiocarbonyl (C=S) groups is 1. The molecule has 0 bridgehead atoms. The van der Waals surface area contributed by atoms with Crippen LogP contribution in [0, 0.1) is 6.92 Å². The van der Waals surface area contributed by atoms with Gasteiger partial charge in [0.1, 0.15) is 17.1 Å². The number of methoxy groups -OCH3 is 1. The number of hydrogen-bond acceptors (Lipinski definition) is 3. The second-order valence-corrected chi connectivity index (χ2v) is 7.39. The van der Waals surface area contributed by atoms with E-state index >= 15 is 0 Å². The van der Waals surface area contributed by atoms with Gasteiger partial charge in [-0.1, -0.05) is 17.7 Å². The molecule has 1 aliphatic heterocycles. The zero-order valence-electron chi connectivity index (χ0n) is 15.1. The number of fused-ring (bicyclic) bond motifs is 1. The van der Waals surface area contributed by atoms with Crippen molar-refractivity contribution in [2.75, 3.05) is 12.4 Å². The first-order valence-corrected chi connectivity index (χ1v) is 8.78. The number of anilines is 1. The van der Waals surface area contributed by atoms with Gasteiger partial charge in [0.25, 0.3) is 0 Å². The van der Waals surface area contributed by atoms with Crippen LogP contribution in [0.2, 0.25) is 0 Å². The second kappa shape index (κ2) is 6.92. The predicted molar refractivity (Wildman–Crippen MR) is 106 cm³/mol. The maximum absolute atomic E-state index is 6.10. The normalized spacial score (nSPS) is 17.8. The summed E-state index contributed by atoms with van der Waals surface area (Å²) in [6.45, 7) is 6.24. The maximum Gasteiger partial charge on any atom is 0.171 e. The summed E-state index contributed by atoms with van der Waals surface area (Å²) in [5.74, 6) is 1.68. The molecule has 1 heterocycles. The van der Waals surface area contributed by atoms with Crippen LogP contribution in [0.15, 0.2) is 42.5 Å². The highest BCUT2D eigenvalue weighted by molar-refractivity contribution is 7.80. The monoisotopic (exact) mass is 356 g/mol. The quantitative estimate of drug-likeness (QED) is 0.787. The Morgan fingerprint density at radius 1 is 1.20 bits per heavy atom. The van der Waals surface area contributed by atoms with Crippen LogP contribution in [0.3, 0.4) is 0 Å². The molecule has 0 fully saturated rings. The van der Waals surface area contributed by atoms with Gasteiger partial charge >= 0.3 is 0 Å². The van der Waals surface area contributed by atoms with Crippen LogP contribution in [0.1, 0.15) is 37.4 Å². The smallest absolute Gasteiger partial charge is 0.171 e. The number of aryl methyl sites for hydroxylation is 1. The summed E-state index contributed by atoms with van der Waals surface area (Å²) in [4.78, 5) is 0. The molecule has 0 saturated heterocycles. The number of benzene rings is 2. The molecule has 0 radical (unpaired) electrons. The van der Waals surface area contributed by atoms with Crippen molar-refractivity contribution in [1.82, 2.24) is 5.32 Å². The molecule has 0 spiro atoms. The van der Waals surface area contributed by atoms with E-state index in [0.29, 0.717) is 5.11 Å². The van der Waals surface area contributed by atoms with Gasteiger partial charge in [0.2, 0.25) is 0 Å². The van der Waals surface area contributed by atoms with Gasteiger partial charge in [-0.25, -0.2) is 0 Å². The number of nitrogens with one attached hydrogen (secondary N) is 2. The Morgan fingerprint density at radius 2 is 1.92 bits per heavy atom. The van der Waals surface area contributed by atoms with E-state index in [2.05, 4.69) is 43.5 Å². The van der Waals surface area contributed by atoms with Crippen molar-refractivity contribution in [3.8, 4) is 11.5 Å². The zero-order chi connectivity index (χ0) is 18.0. The molecule has 2 aromatic carbocycles. The van der Waals surface area contributed by atoms with Gasteiger partial charge in [-0.15, -0.1) is 0 Å². The summed E-state index contributed by atoms with van der Waals surface area (Å²) >= 11 is 5.52. The highest BCUT2D eigenvalue weighted by Crippen LogP contribution is 2.41. The molecule has 2 N–H and O–H groups in total. The third-order valence-electron chi connectivity index (χ3n) is 4.29. The van der Waals surface area contributed by atoms with Crippen LogP contribution in [0.4, 0.5) is 5.69 Å². The van der Waals surface area contributed by atoms with Crippen molar-refractivity contribution in [1.29, 1.82) is 0 Å². The Labute approximate surface area is 154 Å². The maximum atomic E-state index is 6.10. The van der Waals surface area contributed by atoms with E-state index in [0.717, 1.165) is 29.2 Å². The van der Waals surface area contributed by atoms with E-state index in [1.54, 1.807) is 7.11 Å². The lowest BCUT2D eigenvalue weighted by molar-refractivity contribution is 0.0695. The van der Waals surface area contributed by atoms with Gasteiger partial charge in [-0.2, -0.15) is 0 Å². The Kier molecular flexibility index (Phi) is 4.86. The lowest BCUT2D eigenvalue weighted by Gasteiger charge is -2.38. The van der Waals surface area contributed by atoms with Gasteiger partial charge < -0.3 is 20.1 Å². The van der Waals surface area contributed by atoms with Crippen molar-refractivity contribution in [2.24, 2.45) is 0 Å². The molecule has 0 unspecified atom stereocenters. The van der Waals surface area contributed by atoms with Crippen LogP contribution in [-0.2, 0) is 0 Å². The molecule has 0 aromatic heterocycles. The van der Waals surface area contributed by atoms with Crippen LogP contribution >= 0.6 is 12.2 Å². The van der Waals surface area contributed by atoms with E-state index in [1.165, 1.54) is 5.56 Å². The van der Waals surface area contributed by atoms with Crippen molar-refractivity contribution < 1.29 is 9.47 Å². The number of rotatable bonds is 3. The van der Waals surface area contributed by atoms with Gasteiger partial charge in [0.05, 0.1) is 13.2 Å². The molecule has 4 nitrogen and oxygen atoms in total. The first kappa shape index (κ1) is 17.5. The minimum atomic E-state index is -0.265. The third kappa shape index (κ3) is 4.23. The minimum absolute atomic E-state index is 0.0549. The molecule has 1 aliphatic rings. The lowest BCUT2D eigenvalue weighted by atomic mass is 9.89. The Morgan fingerprint density at radius 3 is 2.60 bits per heavy atom. The van der Waals surface area contributed by atoms with Gasteiger partial charge in [0.15, 0.2) is 5.11 Å². The van der Waals surface area contributed by atoms with E-state index in [4.69, 9.17) is 21.7 Å². The molecule has 25 heavy (non-hydrogen) atoms. The molecule has 0 saturated carbocycles. The molecule has 3 rings (SSSR count). The highest BCUT2D eigenvalue weighted by Gasteiger charge is 2.34. The SMILES string of the molecule is COc1ccc2c(c1)[C@H](NC(=S)Nc1ccc(C)cc1)CC(C)(C)O2. The van der Waals surface area contributed by atoms with Crippen molar-refractivity contribution in [2.45, 2.75) is 38.8 Å². The molecular weight excluding hydrogens is 332 g/mol. The summed E-state index contributed by atoms with van der Waals surface area (Å²) in [5.41, 5.74) is 2.99. The van der Waals surface area contributed by atoms with Crippen molar-refractivity contribution >= 4 is 23.0 Å². The molecule has 0 amide bonds. The lowest BCUT2D eigenvalue weighted by Crippen LogP contribution is -2.42. The average molecular weight is 356 g/mol. The van der Waals surface area contributed by atoms with E-state index in [9.17, 15) is 0 Å². The topological polar surface area (TPSA) is 42.5 Å². The van der Waals surface area contributed by atoms with Crippen LogP contribution in [0.5, 0.6) is 11.5 Å². The average Bonchev–Trinajstić information content (AvgIpc) is 2.55. The Bertz CT molecular complexity index is 772. The molecule has 5 heteroatoms. The Hall–Kier alpha value is -2.27. The fourth-order valence-corrected chi connectivity index (χ4v) is 3.31. The molecule has 0 aliphatic carbocycles. The van der Waals surface area contributed by atoms with Crippen LogP contribution in [-0.4, -0.2) is 17.8 Å². The number of hydrogen-bond donors (Lipinski definition) is 2. The summed E-state index contributed by atoms with van der Waals surface area (Å²) in [6, 6.07) is 14.1. The molecule has 2 aromatic rings. The van der Waals surface area contributed by atoms with Crippen molar-refractivity contribution in [3.63, 3.8) is 0 Å². The first-order chi connectivity index (χ1) is 11.9. The van der Waals surface area contributed by atoms with Crippen LogP contribution < -0.4 is 20.1 Å². The fourth-order valence-electron chi connectivity index (χ4n) is 3.05. The van der Waals surface area contributed by atoms with E-state index in [-0.39, 0.29) is 11.6 Å². The second-order valence-electron chi connectivity index (χ2n) is 6.99.